The highest BCUT2D eigenvalue weighted by molar-refractivity contribution is 5.97. The summed E-state index contributed by atoms with van der Waals surface area (Å²) in [4.78, 5) is 20.8. The number of carbonyl (C=O) groups is 1. The summed E-state index contributed by atoms with van der Waals surface area (Å²) >= 11 is 0. The molecule has 0 spiro atoms. The van der Waals surface area contributed by atoms with Crippen LogP contribution in [0.5, 0.6) is 5.75 Å². The fourth-order valence-corrected chi connectivity index (χ4v) is 3.94. The van der Waals surface area contributed by atoms with Gasteiger partial charge < -0.3 is 19.9 Å². The number of para-hydroxylation sites is 2. The second-order valence-electron chi connectivity index (χ2n) is 7.42. The Hall–Kier alpha value is -3.28. The van der Waals surface area contributed by atoms with Gasteiger partial charge in [0.2, 0.25) is 0 Å². The van der Waals surface area contributed by atoms with Gasteiger partial charge in [-0.1, -0.05) is 48.5 Å². The van der Waals surface area contributed by atoms with E-state index in [-0.39, 0.29) is 12.5 Å². The number of amides is 1. The van der Waals surface area contributed by atoms with E-state index in [4.69, 9.17) is 4.74 Å². The van der Waals surface area contributed by atoms with Crippen molar-refractivity contribution >= 4 is 23.1 Å². The van der Waals surface area contributed by atoms with E-state index < -0.39 is 0 Å². The Labute approximate surface area is 177 Å². The Morgan fingerprint density at radius 3 is 2.70 bits per heavy atom. The highest BCUT2D eigenvalue weighted by Crippen LogP contribution is 2.31. The van der Waals surface area contributed by atoms with Gasteiger partial charge in [-0.25, -0.2) is 0 Å². The Morgan fingerprint density at radius 1 is 1.13 bits per heavy atom. The number of nitrogens with zero attached hydrogens (tertiary/aromatic N) is 3. The minimum atomic E-state index is 0.00712. The highest BCUT2D eigenvalue weighted by atomic mass is 16.5. The molecule has 0 saturated heterocycles. The quantitative estimate of drug-likeness (QED) is 0.473. The van der Waals surface area contributed by atoms with Crippen LogP contribution in [0.4, 0.5) is 5.69 Å². The van der Waals surface area contributed by atoms with Crippen LogP contribution in [0.2, 0.25) is 0 Å². The molecular formula is C24H28N4O2. The lowest BCUT2D eigenvalue weighted by Gasteiger charge is -2.31. The molecule has 0 unspecified atom stereocenters. The van der Waals surface area contributed by atoms with Crippen LogP contribution in [0.1, 0.15) is 18.4 Å². The molecule has 2 aliphatic heterocycles. The molecule has 6 nitrogen and oxygen atoms in total. The topological polar surface area (TPSA) is 57.2 Å². The van der Waals surface area contributed by atoms with Crippen molar-refractivity contribution in [3.8, 4) is 5.75 Å². The molecule has 30 heavy (non-hydrogen) atoms. The van der Waals surface area contributed by atoms with E-state index in [2.05, 4.69) is 45.6 Å². The van der Waals surface area contributed by atoms with Gasteiger partial charge in [0.05, 0.1) is 5.69 Å². The van der Waals surface area contributed by atoms with Gasteiger partial charge in [-0.3, -0.25) is 9.79 Å². The van der Waals surface area contributed by atoms with Gasteiger partial charge in [0, 0.05) is 33.2 Å². The number of benzene rings is 2. The second-order valence-corrected chi connectivity index (χ2v) is 7.42. The van der Waals surface area contributed by atoms with Crippen molar-refractivity contribution in [3.05, 3.63) is 66.2 Å². The molecule has 0 saturated carbocycles. The molecule has 2 aromatic rings. The molecule has 0 aliphatic carbocycles. The Bertz CT molecular complexity index is 939. The summed E-state index contributed by atoms with van der Waals surface area (Å²) in [7, 11) is 1.82. The van der Waals surface area contributed by atoms with E-state index in [1.807, 2.05) is 42.3 Å². The molecular weight excluding hydrogens is 376 g/mol. The van der Waals surface area contributed by atoms with Crippen molar-refractivity contribution in [3.63, 3.8) is 0 Å². The zero-order valence-electron chi connectivity index (χ0n) is 17.4. The fourth-order valence-electron chi connectivity index (χ4n) is 3.94. The van der Waals surface area contributed by atoms with Crippen molar-refractivity contribution in [2.24, 2.45) is 4.99 Å². The van der Waals surface area contributed by atoms with Crippen LogP contribution in [0, 0.1) is 0 Å². The van der Waals surface area contributed by atoms with Gasteiger partial charge in [-0.2, -0.15) is 0 Å². The summed E-state index contributed by atoms with van der Waals surface area (Å²) < 4.78 is 5.51. The average Bonchev–Trinajstić information content (AvgIpc) is 2.81. The van der Waals surface area contributed by atoms with Crippen LogP contribution in [-0.2, 0) is 4.79 Å². The number of guanidine groups is 1. The van der Waals surface area contributed by atoms with Crippen molar-refractivity contribution in [2.45, 2.75) is 12.8 Å². The Morgan fingerprint density at radius 2 is 1.93 bits per heavy atom. The summed E-state index contributed by atoms with van der Waals surface area (Å²) in [5, 5.41) is 3.45. The van der Waals surface area contributed by atoms with E-state index >= 15 is 0 Å². The average molecular weight is 405 g/mol. The molecule has 0 atom stereocenters. The molecule has 1 N–H and O–H groups in total. The zero-order chi connectivity index (χ0) is 20.8. The van der Waals surface area contributed by atoms with Crippen LogP contribution < -0.4 is 15.0 Å². The van der Waals surface area contributed by atoms with Crippen molar-refractivity contribution < 1.29 is 9.53 Å². The maximum atomic E-state index is 12.3. The third-order valence-corrected chi connectivity index (χ3v) is 5.51. The summed E-state index contributed by atoms with van der Waals surface area (Å²) in [5.74, 6) is 1.69. The van der Waals surface area contributed by atoms with Crippen LogP contribution in [-0.4, -0.2) is 56.6 Å². The Kier molecular flexibility index (Phi) is 6.32. The van der Waals surface area contributed by atoms with Crippen molar-refractivity contribution in [1.82, 2.24) is 10.2 Å². The maximum Gasteiger partial charge on any atom is 0.265 e. The van der Waals surface area contributed by atoms with Gasteiger partial charge in [0.1, 0.15) is 5.75 Å². The first-order valence-corrected chi connectivity index (χ1v) is 10.5. The van der Waals surface area contributed by atoms with E-state index in [1.165, 1.54) is 11.1 Å². The number of anilines is 1. The summed E-state index contributed by atoms with van der Waals surface area (Å²) in [6.07, 6.45) is 4.12. The van der Waals surface area contributed by atoms with Gasteiger partial charge >= 0.3 is 0 Å². The van der Waals surface area contributed by atoms with E-state index in [1.54, 1.807) is 0 Å². The smallest absolute Gasteiger partial charge is 0.265 e. The molecule has 0 bridgehead atoms. The highest BCUT2D eigenvalue weighted by Gasteiger charge is 2.24. The molecule has 0 aromatic heterocycles. The van der Waals surface area contributed by atoms with Gasteiger partial charge in [-0.15, -0.1) is 0 Å². The minimum Gasteiger partial charge on any atom is -0.482 e. The lowest BCUT2D eigenvalue weighted by atomic mass is 10.00. The second kappa shape index (κ2) is 9.48. The number of ether oxygens (including phenoxy) is 1. The lowest BCUT2D eigenvalue weighted by molar-refractivity contribution is -0.121. The molecule has 2 heterocycles. The third kappa shape index (κ3) is 4.48. The SMILES string of the molecule is CN=C(NCCCN1C(=O)COc2ccccc21)N1CC=C(c2ccccc2)CC1. The first-order chi connectivity index (χ1) is 14.8. The summed E-state index contributed by atoms with van der Waals surface area (Å²) in [5.41, 5.74) is 3.55. The molecule has 1 amide bonds. The number of hydrogen-bond donors (Lipinski definition) is 1. The first kappa shape index (κ1) is 20.0. The number of hydrogen-bond acceptors (Lipinski definition) is 3. The molecule has 0 radical (unpaired) electrons. The van der Waals surface area contributed by atoms with Crippen molar-refractivity contribution in [2.75, 3.05) is 44.7 Å². The minimum absolute atomic E-state index is 0.00712. The standard InChI is InChI=1S/C24H28N4O2/c1-25-24(27-16-12-20(13-17-27)19-8-3-2-4-9-19)26-14-7-15-28-21-10-5-6-11-22(21)30-18-23(28)29/h2-6,8-12H,7,13-18H2,1H3,(H,25,26). The molecule has 156 valence electrons. The maximum absolute atomic E-state index is 12.3. The first-order valence-electron chi connectivity index (χ1n) is 10.5. The summed E-state index contributed by atoms with van der Waals surface area (Å²) in [6, 6.07) is 18.2. The largest absolute Gasteiger partial charge is 0.482 e. The molecule has 6 heteroatoms. The predicted octanol–water partition coefficient (Wildman–Crippen LogP) is 3.17. The predicted molar refractivity (Wildman–Crippen MR) is 121 cm³/mol. The van der Waals surface area contributed by atoms with Crippen LogP contribution >= 0.6 is 0 Å². The third-order valence-electron chi connectivity index (χ3n) is 5.51. The molecule has 4 rings (SSSR count). The number of fused-ring (bicyclic) bond motifs is 1. The van der Waals surface area contributed by atoms with Gasteiger partial charge in [0.15, 0.2) is 12.6 Å². The van der Waals surface area contributed by atoms with Gasteiger partial charge in [0.25, 0.3) is 5.91 Å². The molecule has 2 aliphatic rings. The Balaban J connectivity index is 1.28. The zero-order valence-corrected chi connectivity index (χ0v) is 17.4. The number of nitrogens with one attached hydrogen (secondary N) is 1. The number of rotatable bonds is 5. The van der Waals surface area contributed by atoms with Crippen LogP contribution in [0.3, 0.4) is 0 Å². The van der Waals surface area contributed by atoms with E-state index in [0.717, 1.165) is 49.9 Å². The van der Waals surface area contributed by atoms with Crippen LogP contribution in [0.25, 0.3) is 5.57 Å². The van der Waals surface area contributed by atoms with Gasteiger partial charge in [-0.05, 0) is 36.1 Å². The number of aliphatic imine (C=N–C) groups is 1. The van der Waals surface area contributed by atoms with E-state index in [9.17, 15) is 4.79 Å². The van der Waals surface area contributed by atoms with Crippen molar-refractivity contribution in [1.29, 1.82) is 0 Å². The number of carbonyl (C=O) groups excluding carboxylic acids is 1. The monoisotopic (exact) mass is 404 g/mol. The normalized spacial score (nSPS) is 16.6. The molecule has 2 aromatic carbocycles. The van der Waals surface area contributed by atoms with E-state index in [0.29, 0.717) is 6.54 Å². The summed E-state index contributed by atoms with van der Waals surface area (Å²) in [6.45, 7) is 3.30. The fraction of sp³-hybridized carbons (Fsp3) is 0.333. The van der Waals surface area contributed by atoms with Crippen LogP contribution in [0.15, 0.2) is 65.7 Å². The lowest BCUT2D eigenvalue weighted by Crippen LogP contribution is -2.45. The molecule has 0 fully saturated rings.